The Balaban J connectivity index is 2.17. The van der Waals surface area contributed by atoms with Gasteiger partial charge in [-0.15, -0.1) is 0 Å². The number of aliphatic carboxylic acids is 1. The van der Waals surface area contributed by atoms with E-state index in [1.807, 2.05) is 13.8 Å². The van der Waals surface area contributed by atoms with Gasteiger partial charge in [-0.2, -0.15) is 0 Å². The molecule has 38 heavy (non-hydrogen) atoms. The molecule has 0 bridgehead atoms. The second kappa shape index (κ2) is 14.8. The molecule has 0 unspecified atom stereocenters. The van der Waals surface area contributed by atoms with Crippen LogP contribution in [-0.2, 0) is 30.4 Å². The molecule has 0 aliphatic carbocycles. The SMILES string of the molecule is CC(C)C[C@@H]1NC(=O)[C@H](C)NC(=O)[C@@H](NC(=O)[C@@H](N)Cc2ccc(O)cc2)CSSC[C@@H](C(=O)O)NC1=O. The van der Waals surface area contributed by atoms with E-state index in [1.54, 1.807) is 12.1 Å². The predicted molar refractivity (Wildman–Crippen MR) is 145 cm³/mol. The monoisotopic (exact) mass is 569 g/mol. The Labute approximate surface area is 229 Å². The molecule has 4 amide bonds. The third kappa shape index (κ3) is 10.1. The van der Waals surface area contributed by atoms with E-state index < -0.39 is 59.8 Å². The minimum atomic E-state index is -1.23. The van der Waals surface area contributed by atoms with E-state index in [0.29, 0.717) is 5.56 Å². The smallest absolute Gasteiger partial charge is 0.327 e. The van der Waals surface area contributed by atoms with Crippen LogP contribution in [0.2, 0.25) is 0 Å². The number of carbonyl (C=O) groups is 5. The topological polar surface area (TPSA) is 200 Å². The first-order chi connectivity index (χ1) is 17.9. The average Bonchev–Trinajstić information content (AvgIpc) is 2.84. The number of phenols is 1. The Morgan fingerprint density at radius 2 is 1.66 bits per heavy atom. The normalized spacial score (nSPS) is 24.4. The molecule has 1 aliphatic rings. The van der Waals surface area contributed by atoms with Crippen molar-refractivity contribution in [2.24, 2.45) is 11.7 Å². The molecule has 0 radical (unpaired) electrons. The molecular formula is C24H35N5O7S2. The van der Waals surface area contributed by atoms with Crippen molar-refractivity contribution < 1.29 is 34.2 Å². The van der Waals surface area contributed by atoms with Crippen LogP contribution >= 0.6 is 21.6 Å². The number of nitrogens with two attached hydrogens (primary N) is 1. The molecule has 1 fully saturated rings. The molecule has 1 saturated heterocycles. The highest BCUT2D eigenvalue weighted by molar-refractivity contribution is 8.76. The van der Waals surface area contributed by atoms with Crippen molar-refractivity contribution in [2.45, 2.75) is 63.8 Å². The number of carboxylic acid groups (broad SMARTS) is 1. The molecule has 0 spiro atoms. The van der Waals surface area contributed by atoms with Gasteiger partial charge in [0.2, 0.25) is 23.6 Å². The summed E-state index contributed by atoms with van der Waals surface area (Å²) in [6, 6.07) is 0.932. The molecule has 0 aromatic heterocycles. The first kappa shape index (κ1) is 31.2. The highest BCUT2D eigenvalue weighted by Crippen LogP contribution is 2.23. The first-order valence-electron chi connectivity index (χ1n) is 12.1. The summed E-state index contributed by atoms with van der Waals surface area (Å²) in [7, 11) is 2.27. The average molecular weight is 570 g/mol. The van der Waals surface area contributed by atoms with Gasteiger partial charge in [0, 0.05) is 11.5 Å². The van der Waals surface area contributed by atoms with Gasteiger partial charge in [0.05, 0.1) is 6.04 Å². The highest BCUT2D eigenvalue weighted by atomic mass is 33.1. The number of hydrogen-bond donors (Lipinski definition) is 7. The highest BCUT2D eigenvalue weighted by Gasteiger charge is 2.31. The third-order valence-corrected chi connectivity index (χ3v) is 8.04. The van der Waals surface area contributed by atoms with Crippen LogP contribution in [0.25, 0.3) is 0 Å². The van der Waals surface area contributed by atoms with Crippen molar-refractivity contribution in [3.8, 4) is 5.75 Å². The van der Waals surface area contributed by atoms with Crippen LogP contribution in [0.3, 0.4) is 0 Å². The Morgan fingerprint density at radius 1 is 1.03 bits per heavy atom. The van der Waals surface area contributed by atoms with Crippen LogP contribution in [0.5, 0.6) is 5.75 Å². The van der Waals surface area contributed by atoms with Crippen molar-refractivity contribution in [1.29, 1.82) is 0 Å². The number of aromatic hydroxyl groups is 1. The van der Waals surface area contributed by atoms with Crippen LogP contribution in [0.1, 0.15) is 32.8 Å². The zero-order valence-corrected chi connectivity index (χ0v) is 23.1. The Morgan fingerprint density at radius 3 is 2.26 bits per heavy atom. The molecule has 1 aliphatic heterocycles. The lowest BCUT2D eigenvalue weighted by atomic mass is 10.0. The summed E-state index contributed by atoms with van der Waals surface area (Å²) in [4.78, 5) is 63.1. The second-order valence-corrected chi connectivity index (χ2v) is 12.0. The van der Waals surface area contributed by atoms with E-state index in [0.717, 1.165) is 21.6 Å². The predicted octanol–water partition coefficient (Wildman–Crippen LogP) is -0.253. The minimum absolute atomic E-state index is 0.00681. The lowest BCUT2D eigenvalue weighted by Crippen LogP contribution is -2.58. The largest absolute Gasteiger partial charge is 0.508 e. The van der Waals surface area contributed by atoms with Gasteiger partial charge >= 0.3 is 5.97 Å². The van der Waals surface area contributed by atoms with Crippen LogP contribution < -0.4 is 27.0 Å². The van der Waals surface area contributed by atoms with Crippen molar-refractivity contribution in [3.05, 3.63) is 29.8 Å². The lowest BCUT2D eigenvalue weighted by molar-refractivity contribution is -0.141. The Hall–Kier alpha value is -2.97. The number of carboxylic acids is 1. The molecule has 0 saturated carbocycles. The van der Waals surface area contributed by atoms with E-state index in [4.69, 9.17) is 5.73 Å². The van der Waals surface area contributed by atoms with Crippen LogP contribution in [0.4, 0.5) is 0 Å². The van der Waals surface area contributed by atoms with Crippen molar-refractivity contribution >= 4 is 51.2 Å². The summed E-state index contributed by atoms with van der Waals surface area (Å²) in [6.07, 6.45) is 0.433. The summed E-state index contributed by atoms with van der Waals surface area (Å²) in [5.41, 5.74) is 6.76. The molecular weight excluding hydrogens is 534 g/mol. The summed E-state index contributed by atoms with van der Waals surface area (Å²) < 4.78 is 0. The minimum Gasteiger partial charge on any atom is -0.508 e. The van der Waals surface area contributed by atoms with E-state index in [9.17, 15) is 34.2 Å². The van der Waals surface area contributed by atoms with E-state index in [1.165, 1.54) is 19.1 Å². The number of phenolic OH excluding ortho intramolecular Hbond substituents is 1. The molecule has 8 N–H and O–H groups in total. The van der Waals surface area contributed by atoms with Gasteiger partial charge < -0.3 is 37.2 Å². The molecule has 1 heterocycles. The quantitative estimate of drug-likeness (QED) is 0.215. The van der Waals surface area contributed by atoms with E-state index in [2.05, 4.69) is 21.3 Å². The lowest BCUT2D eigenvalue weighted by Gasteiger charge is -2.26. The summed E-state index contributed by atoms with van der Waals surface area (Å²) >= 11 is 0. The van der Waals surface area contributed by atoms with Crippen LogP contribution in [-0.4, -0.2) is 81.5 Å². The standard InChI is InChI=1S/C24H35N5O7S2/c1-12(2)8-17-22(33)29-19(24(35)36)11-38-37-10-18(23(34)26-13(3)20(31)27-17)28-21(32)16(25)9-14-4-6-15(30)7-5-14/h4-7,12-13,16-19,30H,8-11,25H2,1-3H3,(H,26,34)(H,27,31)(H,28,32)(H,29,33)(H,35,36)/t13-,16-,17-,18-,19-/m0/s1. The van der Waals surface area contributed by atoms with Gasteiger partial charge in [0.15, 0.2) is 0 Å². The number of benzene rings is 1. The fourth-order valence-electron chi connectivity index (χ4n) is 3.50. The number of hydrogen-bond acceptors (Lipinski definition) is 9. The summed E-state index contributed by atoms with van der Waals surface area (Å²) in [5, 5.41) is 29.2. The molecule has 5 atom stereocenters. The van der Waals surface area contributed by atoms with Gasteiger partial charge in [0.25, 0.3) is 0 Å². The first-order valence-corrected chi connectivity index (χ1v) is 14.6. The number of rotatable bonds is 7. The molecule has 1 aromatic carbocycles. The molecule has 1 aromatic rings. The number of nitrogens with one attached hydrogen (secondary N) is 4. The maximum Gasteiger partial charge on any atom is 0.327 e. The van der Waals surface area contributed by atoms with Gasteiger partial charge in [0.1, 0.15) is 29.9 Å². The maximum atomic E-state index is 13.0. The van der Waals surface area contributed by atoms with E-state index >= 15 is 0 Å². The molecule has 12 nitrogen and oxygen atoms in total. The second-order valence-electron chi connectivity index (χ2n) is 9.43. The fraction of sp³-hybridized carbons (Fsp3) is 0.542. The fourth-order valence-corrected chi connectivity index (χ4v) is 5.82. The summed E-state index contributed by atoms with van der Waals surface area (Å²) in [6.45, 7) is 5.16. The maximum absolute atomic E-state index is 13.0. The third-order valence-electron chi connectivity index (χ3n) is 5.62. The zero-order valence-electron chi connectivity index (χ0n) is 21.4. The van der Waals surface area contributed by atoms with Gasteiger partial charge in [-0.05, 0) is 43.4 Å². The molecule has 210 valence electrons. The summed E-state index contributed by atoms with van der Waals surface area (Å²) in [5.74, 6) is -3.54. The van der Waals surface area contributed by atoms with E-state index in [-0.39, 0.29) is 36.0 Å². The van der Waals surface area contributed by atoms with Crippen molar-refractivity contribution in [2.75, 3.05) is 11.5 Å². The Kier molecular flexibility index (Phi) is 12.2. The van der Waals surface area contributed by atoms with Crippen LogP contribution in [0, 0.1) is 5.92 Å². The van der Waals surface area contributed by atoms with Gasteiger partial charge in [-0.1, -0.05) is 47.6 Å². The number of carbonyl (C=O) groups excluding carboxylic acids is 4. The number of amides is 4. The van der Waals surface area contributed by atoms with Crippen molar-refractivity contribution in [1.82, 2.24) is 21.3 Å². The van der Waals surface area contributed by atoms with Gasteiger partial charge in [-0.25, -0.2) is 4.79 Å². The molecule has 14 heteroatoms. The van der Waals surface area contributed by atoms with Gasteiger partial charge in [-0.3, -0.25) is 19.2 Å². The Bertz CT molecular complexity index is 1010. The van der Waals surface area contributed by atoms with Crippen molar-refractivity contribution in [3.63, 3.8) is 0 Å². The zero-order chi connectivity index (χ0) is 28.4. The van der Waals surface area contributed by atoms with Crippen LogP contribution in [0.15, 0.2) is 24.3 Å². The molecule has 2 rings (SSSR count).